The van der Waals surface area contributed by atoms with Crippen LogP contribution >= 0.6 is 11.3 Å². The molecule has 28 heavy (non-hydrogen) atoms. The van der Waals surface area contributed by atoms with Gasteiger partial charge in [0, 0.05) is 11.6 Å². The van der Waals surface area contributed by atoms with Gasteiger partial charge in [0.2, 0.25) is 12.7 Å². The lowest BCUT2D eigenvalue weighted by atomic mass is 10.2. The van der Waals surface area contributed by atoms with E-state index in [4.69, 9.17) is 9.47 Å². The molecule has 4 rings (SSSR count). The molecule has 0 saturated carbocycles. The molecule has 1 N–H and O–H groups in total. The molecule has 1 aliphatic rings. The molecular formula is C22H20N2O3S. The first-order valence-electron chi connectivity index (χ1n) is 9.01. The van der Waals surface area contributed by atoms with Crippen molar-refractivity contribution in [1.29, 1.82) is 0 Å². The Balaban J connectivity index is 1.43. The number of hydrogen-bond donors (Lipinski definition) is 1. The van der Waals surface area contributed by atoms with Crippen LogP contribution in [0.25, 0.3) is 16.6 Å². The third-order valence-corrected chi connectivity index (χ3v) is 5.82. The monoisotopic (exact) mass is 392 g/mol. The number of amides is 1. The van der Waals surface area contributed by atoms with Crippen molar-refractivity contribution in [2.75, 3.05) is 6.79 Å². The first-order chi connectivity index (χ1) is 13.6. The fourth-order valence-electron chi connectivity index (χ4n) is 3.03. The molecule has 0 radical (unpaired) electrons. The van der Waals surface area contributed by atoms with Crippen molar-refractivity contribution in [2.24, 2.45) is 0 Å². The summed E-state index contributed by atoms with van der Waals surface area (Å²) in [6.07, 6.45) is 3.29. The van der Waals surface area contributed by atoms with Gasteiger partial charge in [0.05, 0.1) is 16.6 Å². The van der Waals surface area contributed by atoms with Crippen molar-refractivity contribution >= 4 is 23.3 Å². The summed E-state index contributed by atoms with van der Waals surface area (Å²) in [7, 11) is 0. The highest BCUT2D eigenvalue weighted by Crippen LogP contribution is 2.33. The zero-order chi connectivity index (χ0) is 19.5. The molecule has 0 spiro atoms. The van der Waals surface area contributed by atoms with Gasteiger partial charge in [-0.15, -0.1) is 11.3 Å². The first kappa shape index (κ1) is 18.3. The molecule has 6 heteroatoms. The molecule has 5 nitrogen and oxygen atoms in total. The lowest BCUT2D eigenvalue weighted by molar-refractivity contribution is -0.117. The van der Waals surface area contributed by atoms with Gasteiger partial charge in [-0.25, -0.2) is 4.98 Å². The first-order valence-corrected chi connectivity index (χ1v) is 9.83. The van der Waals surface area contributed by atoms with Crippen LogP contribution in [-0.4, -0.2) is 17.7 Å². The zero-order valence-electron chi connectivity index (χ0n) is 15.6. The van der Waals surface area contributed by atoms with Gasteiger partial charge in [-0.3, -0.25) is 4.79 Å². The summed E-state index contributed by atoms with van der Waals surface area (Å²) in [5, 5.41) is 3.98. The topological polar surface area (TPSA) is 60.5 Å². The van der Waals surface area contributed by atoms with E-state index in [0.29, 0.717) is 5.75 Å². The normalized spacial score (nSPS) is 13.6. The molecule has 1 amide bonds. The van der Waals surface area contributed by atoms with Crippen molar-refractivity contribution in [1.82, 2.24) is 10.3 Å². The molecule has 142 valence electrons. The number of nitrogens with zero attached hydrogens (tertiary/aromatic N) is 1. The van der Waals surface area contributed by atoms with Crippen LogP contribution in [0.5, 0.6) is 11.5 Å². The second-order valence-corrected chi connectivity index (χ2v) is 7.54. The smallest absolute Gasteiger partial charge is 0.244 e. The van der Waals surface area contributed by atoms with Gasteiger partial charge in [-0.1, -0.05) is 36.4 Å². The second kappa shape index (κ2) is 7.86. The van der Waals surface area contributed by atoms with Crippen LogP contribution in [0.4, 0.5) is 0 Å². The van der Waals surface area contributed by atoms with Gasteiger partial charge < -0.3 is 14.8 Å². The predicted octanol–water partition coefficient (Wildman–Crippen LogP) is 4.74. The van der Waals surface area contributed by atoms with E-state index in [2.05, 4.69) is 10.3 Å². The van der Waals surface area contributed by atoms with Crippen molar-refractivity contribution in [3.63, 3.8) is 0 Å². The number of thiazole rings is 1. The third-order valence-electron chi connectivity index (χ3n) is 4.43. The number of ether oxygens (including phenoxy) is 2. The number of aromatic nitrogens is 1. The third kappa shape index (κ3) is 3.92. The van der Waals surface area contributed by atoms with E-state index >= 15 is 0 Å². The molecule has 1 atom stereocenters. The van der Waals surface area contributed by atoms with E-state index in [0.717, 1.165) is 32.5 Å². The van der Waals surface area contributed by atoms with Crippen molar-refractivity contribution < 1.29 is 14.3 Å². The Hall–Kier alpha value is -3.12. The summed E-state index contributed by atoms with van der Waals surface area (Å²) in [5.74, 6) is 1.27. The molecule has 0 bridgehead atoms. The molecular weight excluding hydrogens is 372 g/mol. The highest BCUT2D eigenvalue weighted by atomic mass is 32.1. The summed E-state index contributed by atoms with van der Waals surface area (Å²) in [5.41, 5.74) is 2.91. The Bertz CT molecular complexity index is 1030. The Morgan fingerprint density at radius 3 is 2.79 bits per heavy atom. The van der Waals surface area contributed by atoms with Crippen molar-refractivity contribution in [3.05, 3.63) is 70.7 Å². The van der Waals surface area contributed by atoms with E-state index in [9.17, 15) is 4.79 Å². The van der Waals surface area contributed by atoms with Crippen LogP contribution in [0.3, 0.4) is 0 Å². The molecule has 1 aliphatic heterocycles. The Labute approximate surface area is 167 Å². The van der Waals surface area contributed by atoms with E-state index < -0.39 is 0 Å². The average Bonchev–Trinajstić information content (AvgIpc) is 3.33. The number of benzene rings is 2. The van der Waals surface area contributed by atoms with E-state index in [1.165, 1.54) is 6.08 Å². The van der Waals surface area contributed by atoms with Gasteiger partial charge in [0.15, 0.2) is 11.5 Å². The van der Waals surface area contributed by atoms with Crippen LogP contribution in [0, 0.1) is 6.92 Å². The van der Waals surface area contributed by atoms with Crippen molar-refractivity contribution in [3.8, 4) is 22.1 Å². The molecule has 2 aromatic carbocycles. The van der Waals surface area contributed by atoms with Gasteiger partial charge in [-0.05, 0) is 37.6 Å². The maximum atomic E-state index is 12.4. The Morgan fingerprint density at radius 2 is 1.96 bits per heavy atom. The number of aryl methyl sites for hydroxylation is 1. The molecule has 1 aromatic heterocycles. The summed E-state index contributed by atoms with van der Waals surface area (Å²) < 4.78 is 10.7. The summed E-state index contributed by atoms with van der Waals surface area (Å²) in [4.78, 5) is 18.1. The predicted molar refractivity (Wildman–Crippen MR) is 110 cm³/mol. The lowest BCUT2D eigenvalue weighted by Gasteiger charge is -2.11. The maximum absolute atomic E-state index is 12.4. The molecule has 2 heterocycles. The van der Waals surface area contributed by atoms with Crippen LogP contribution in [-0.2, 0) is 4.79 Å². The van der Waals surface area contributed by atoms with Gasteiger partial charge in [0.1, 0.15) is 5.01 Å². The van der Waals surface area contributed by atoms with Crippen LogP contribution in [0.15, 0.2) is 54.6 Å². The summed E-state index contributed by atoms with van der Waals surface area (Å²) >= 11 is 1.61. The van der Waals surface area contributed by atoms with Gasteiger partial charge in [0.25, 0.3) is 0 Å². The quantitative estimate of drug-likeness (QED) is 0.637. The summed E-state index contributed by atoms with van der Waals surface area (Å²) in [6.45, 7) is 4.19. The average molecular weight is 392 g/mol. The van der Waals surface area contributed by atoms with E-state index in [1.807, 2.05) is 62.4 Å². The largest absolute Gasteiger partial charge is 0.454 e. The minimum atomic E-state index is -0.153. The van der Waals surface area contributed by atoms with Gasteiger partial charge >= 0.3 is 0 Å². The zero-order valence-corrected chi connectivity index (χ0v) is 16.5. The van der Waals surface area contributed by atoms with Crippen LogP contribution in [0.1, 0.15) is 29.1 Å². The minimum Gasteiger partial charge on any atom is -0.454 e. The van der Waals surface area contributed by atoms with E-state index in [-0.39, 0.29) is 18.7 Å². The summed E-state index contributed by atoms with van der Waals surface area (Å²) in [6, 6.07) is 15.5. The van der Waals surface area contributed by atoms with E-state index in [1.54, 1.807) is 17.4 Å². The van der Waals surface area contributed by atoms with Crippen LogP contribution < -0.4 is 14.8 Å². The molecule has 0 saturated heterocycles. The second-order valence-electron chi connectivity index (χ2n) is 6.51. The highest BCUT2D eigenvalue weighted by Gasteiger charge is 2.16. The number of fused-ring (bicyclic) bond motifs is 1. The fourth-order valence-corrected chi connectivity index (χ4v) is 4.10. The Morgan fingerprint density at radius 1 is 1.18 bits per heavy atom. The number of carbonyl (C=O) groups excluding carboxylic acids is 1. The molecule has 3 aromatic rings. The number of rotatable bonds is 5. The molecule has 0 aliphatic carbocycles. The minimum absolute atomic E-state index is 0.121. The molecule has 0 fully saturated rings. The number of hydrogen-bond acceptors (Lipinski definition) is 5. The van der Waals surface area contributed by atoms with Crippen LogP contribution in [0.2, 0.25) is 0 Å². The molecule has 1 unspecified atom stereocenters. The number of nitrogens with one attached hydrogen (secondary N) is 1. The maximum Gasteiger partial charge on any atom is 0.244 e. The van der Waals surface area contributed by atoms with Crippen molar-refractivity contribution in [2.45, 2.75) is 19.9 Å². The number of carbonyl (C=O) groups is 1. The fraction of sp³-hybridized carbons (Fsp3) is 0.182. The highest BCUT2D eigenvalue weighted by molar-refractivity contribution is 7.15. The SMILES string of the molecule is Cc1nc(-c2ccccc2)sc1C(C)NC(=O)/C=C/c1ccc2c(c1)OCO2. The standard InChI is InChI=1S/C22H20N2O3S/c1-14(21-15(2)24-22(28-21)17-6-4-3-5-7-17)23-20(25)11-9-16-8-10-18-19(12-16)27-13-26-18/h3-12,14H,13H2,1-2H3,(H,23,25)/b11-9+. The van der Waals surface area contributed by atoms with Gasteiger partial charge in [-0.2, -0.15) is 0 Å². The Kier molecular flexibility index (Phi) is 5.12. The lowest BCUT2D eigenvalue weighted by Crippen LogP contribution is -2.24.